The highest BCUT2D eigenvalue weighted by Crippen LogP contribution is 2.48. The summed E-state index contributed by atoms with van der Waals surface area (Å²) in [5.41, 5.74) is 0.303. The normalized spacial score (nSPS) is 15.8. The Morgan fingerprint density at radius 2 is 2.35 bits per heavy atom. The fraction of sp³-hybridized carbons (Fsp3) is 0.429. The van der Waals surface area contributed by atoms with Gasteiger partial charge in [0.1, 0.15) is 5.41 Å². The van der Waals surface area contributed by atoms with E-state index in [0.717, 1.165) is 5.56 Å². The number of carbonyl (C=O) groups is 1. The monoisotopic (exact) mass is 273 g/mol. The lowest BCUT2D eigenvalue weighted by Crippen LogP contribution is -2.23. The SMILES string of the molecule is CCOC(=O)C1(c2nc(Cc3cccnc3)no2)CC1. The summed E-state index contributed by atoms with van der Waals surface area (Å²) in [4.78, 5) is 20.3. The van der Waals surface area contributed by atoms with E-state index in [9.17, 15) is 4.79 Å². The van der Waals surface area contributed by atoms with Gasteiger partial charge in [0.25, 0.3) is 0 Å². The third kappa shape index (κ3) is 2.29. The summed E-state index contributed by atoms with van der Waals surface area (Å²) >= 11 is 0. The molecule has 3 rings (SSSR count). The van der Waals surface area contributed by atoms with Gasteiger partial charge in [-0.05, 0) is 31.4 Å². The quantitative estimate of drug-likeness (QED) is 0.771. The number of hydrogen-bond acceptors (Lipinski definition) is 6. The molecular formula is C14H15N3O3. The predicted octanol–water partition coefficient (Wildman–Crippen LogP) is 1.65. The molecular weight excluding hydrogens is 258 g/mol. The Morgan fingerprint density at radius 1 is 1.50 bits per heavy atom. The van der Waals surface area contributed by atoms with Gasteiger partial charge in [-0.1, -0.05) is 11.2 Å². The molecule has 2 heterocycles. The largest absolute Gasteiger partial charge is 0.465 e. The molecule has 6 nitrogen and oxygen atoms in total. The first-order chi connectivity index (χ1) is 9.74. The molecule has 0 bridgehead atoms. The van der Waals surface area contributed by atoms with Crippen molar-refractivity contribution < 1.29 is 14.1 Å². The van der Waals surface area contributed by atoms with Gasteiger partial charge in [-0.2, -0.15) is 4.98 Å². The molecule has 0 spiro atoms. The number of nitrogens with zero attached hydrogens (tertiary/aromatic N) is 3. The van der Waals surface area contributed by atoms with Gasteiger partial charge < -0.3 is 9.26 Å². The van der Waals surface area contributed by atoms with E-state index in [4.69, 9.17) is 9.26 Å². The summed E-state index contributed by atoms with van der Waals surface area (Å²) in [7, 11) is 0. The Hall–Kier alpha value is -2.24. The van der Waals surface area contributed by atoms with Crippen LogP contribution in [0.15, 0.2) is 29.0 Å². The molecule has 104 valence electrons. The van der Waals surface area contributed by atoms with Crippen LogP contribution >= 0.6 is 0 Å². The Labute approximate surface area is 116 Å². The summed E-state index contributed by atoms with van der Waals surface area (Å²) in [6.45, 7) is 2.15. The smallest absolute Gasteiger partial charge is 0.321 e. The molecule has 0 radical (unpaired) electrons. The van der Waals surface area contributed by atoms with Crippen LogP contribution in [-0.2, 0) is 21.4 Å². The van der Waals surface area contributed by atoms with Crippen molar-refractivity contribution in [1.29, 1.82) is 0 Å². The first-order valence-electron chi connectivity index (χ1n) is 6.64. The van der Waals surface area contributed by atoms with Crippen LogP contribution in [0.2, 0.25) is 0 Å². The van der Waals surface area contributed by atoms with Gasteiger partial charge >= 0.3 is 5.97 Å². The number of hydrogen-bond donors (Lipinski definition) is 0. The molecule has 1 aliphatic rings. The maximum absolute atomic E-state index is 11.9. The third-order valence-corrected chi connectivity index (χ3v) is 3.38. The number of ether oxygens (including phenoxy) is 1. The zero-order valence-electron chi connectivity index (χ0n) is 11.2. The topological polar surface area (TPSA) is 78.1 Å². The van der Waals surface area contributed by atoms with Crippen LogP contribution in [0.3, 0.4) is 0 Å². The van der Waals surface area contributed by atoms with Gasteiger partial charge in [0, 0.05) is 18.8 Å². The van der Waals surface area contributed by atoms with Crippen LogP contribution in [-0.4, -0.2) is 27.7 Å². The van der Waals surface area contributed by atoms with E-state index in [0.29, 0.717) is 37.6 Å². The zero-order chi connectivity index (χ0) is 14.0. The first kappa shape index (κ1) is 12.8. The number of pyridine rings is 1. The summed E-state index contributed by atoms with van der Waals surface area (Å²) in [5.74, 6) is 0.662. The number of carbonyl (C=O) groups excluding carboxylic acids is 1. The second kappa shape index (κ2) is 5.03. The molecule has 0 N–H and O–H groups in total. The Balaban J connectivity index is 1.76. The number of esters is 1. The van der Waals surface area contributed by atoms with Crippen molar-refractivity contribution in [2.45, 2.75) is 31.6 Å². The molecule has 1 saturated carbocycles. The zero-order valence-corrected chi connectivity index (χ0v) is 11.2. The molecule has 2 aromatic rings. The third-order valence-electron chi connectivity index (χ3n) is 3.38. The summed E-state index contributed by atoms with van der Waals surface area (Å²) in [5, 5.41) is 3.94. The van der Waals surface area contributed by atoms with Crippen molar-refractivity contribution in [3.63, 3.8) is 0 Å². The van der Waals surface area contributed by atoms with Crippen LogP contribution in [0.4, 0.5) is 0 Å². The number of aromatic nitrogens is 3. The second-order valence-electron chi connectivity index (χ2n) is 4.86. The van der Waals surface area contributed by atoms with E-state index in [1.54, 1.807) is 19.3 Å². The average molecular weight is 273 g/mol. The van der Waals surface area contributed by atoms with Crippen molar-refractivity contribution >= 4 is 5.97 Å². The van der Waals surface area contributed by atoms with Crippen LogP contribution in [0.25, 0.3) is 0 Å². The second-order valence-corrected chi connectivity index (χ2v) is 4.86. The first-order valence-corrected chi connectivity index (χ1v) is 6.64. The van der Waals surface area contributed by atoms with E-state index in [-0.39, 0.29) is 5.97 Å². The van der Waals surface area contributed by atoms with Crippen LogP contribution < -0.4 is 0 Å². The van der Waals surface area contributed by atoms with Crippen molar-refractivity contribution in [3.8, 4) is 0 Å². The van der Waals surface area contributed by atoms with Crippen molar-refractivity contribution in [3.05, 3.63) is 41.8 Å². The summed E-state index contributed by atoms with van der Waals surface area (Å²) in [6, 6.07) is 3.80. The van der Waals surface area contributed by atoms with E-state index in [2.05, 4.69) is 15.1 Å². The highest BCUT2D eigenvalue weighted by Gasteiger charge is 2.57. The fourth-order valence-corrected chi connectivity index (χ4v) is 2.10. The van der Waals surface area contributed by atoms with Gasteiger partial charge in [0.05, 0.1) is 6.61 Å². The Kier molecular flexibility index (Phi) is 3.22. The maximum Gasteiger partial charge on any atom is 0.321 e. The molecule has 0 atom stereocenters. The van der Waals surface area contributed by atoms with E-state index < -0.39 is 5.41 Å². The lowest BCUT2D eigenvalue weighted by Gasteiger charge is -2.07. The molecule has 0 aliphatic heterocycles. The van der Waals surface area contributed by atoms with Crippen LogP contribution in [0, 0.1) is 0 Å². The van der Waals surface area contributed by atoms with Gasteiger partial charge in [0.15, 0.2) is 5.82 Å². The highest BCUT2D eigenvalue weighted by atomic mass is 16.5. The van der Waals surface area contributed by atoms with Gasteiger partial charge in [-0.25, -0.2) is 0 Å². The lowest BCUT2D eigenvalue weighted by molar-refractivity contribution is -0.146. The van der Waals surface area contributed by atoms with Gasteiger partial charge in [0.2, 0.25) is 5.89 Å². The fourth-order valence-electron chi connectivity index (χ4n) is 2.10. The minimum atomic E-state index is -0.698. The molecule has 20 heavy (non-hydrogen) atoms. The molecule has 0 saturated heterocycles. The predicted molar refractivity (Wildman–Crippen MR) is 68.9 cm³/mol. The number of rotatable bonds is 5. The molecule has 1 fully saturated rings. The Bertz CT molecular complexity index is 605. The standard InChI is InChI=1S/C14H15N3O3/c1-2-19-13(18)14(5-6-14)12-16-11(17-20-12)8-10-4-3-7-15-9-10/h3-4,7,9H,2,5-6,8H2,1H3. The molecule has 0 amide bonds. The molecule has 2 aromatic heterocycles. The lowest BCUT2D eigenvalue weighted by atomic mass is 10.1. The van der Waals surface area contributed by atoms with Crippen LogP contribution in [0.5, 0.6) is 0 Å². The molecule has 0 unspecified atom stereocenters. The molecule has 6 heteroatoms. The minimum Gasteiger partial charge on any atom is -0.465 e. The van der Waals surface area contributed by atoms with Gasteiger partial charge in [-0.15, -0.1) is 0 Å². The van der Waals surface area contributed by atoms with Crippen molar-refractivity contribution in [2.24, 2.45) is 0 Å². The van der Waals surface area contributed by atoms with Crippen molar-refractivity contribution in [1.82, 2.24) is 15.1 Å². The summed E-state index contributed by atoms with van der Waals surface area (Å²) < 4.78 is 10.3. The van der Waals surface area contributed by atoms with Gasteiger partial charge in [-0.3, -0.25) is 9.78 Å². The van der Waals surface area contributed by atoms with Crippen molar-refractivity contribution in [2.75, 3.05) is 6.61 Å². The van der Waals surface area contributed by atoms with E-state index >= 15 is 0 Å². The maximum atomic E-state index is 11.9. The van der Waals surface area contributed by atoms with E-state index in [1.807, 2.05) is 12.1 Å². The summed E-state index contributed by atoms with van der Waals surface area (Å²) in [6.07, 6.45) is 5.43. The molecule has 0 aromatic carbocycles. The van der Waals surface area contributed by atoms with Crippen LogP contribution in [0.1, 0.15) is 37.0 Å². The van der Waals surface area contributed by atoms with E-state index in [1.165, 1.54) is 0 Å². The average Bonchev–Trinajstić information content (AvgIpc) is 3.15. The minimum absolute atomic E-state index is 0.267. The highest BCUT2D eigenvalue weighted by molar-refractivity contribution is 5.85. The molecule has 1 aliphatic carbocycles. The Morgan fingerprint density at radius 3 is 3.00 bits per heavy atom.